The standard InChI is InChI=1S/C23H24N4O4/c1-15-21(17-7-8-18-19(11-17)31-14-30-18)22(26-25-15)24-23(28)20-13-27(9-10-29-20)12-16-5-3-2-4-6-16/h2-8,11,20H,9-10,12-14H2,1H3,(H2,24,25,26,28). The van der Waals surface area contributed by atoms with E-state index in [4.69, 9.17) is 14.2 Å². The SMILES string of the molecule is Cc1[nH]nc(NC(=O)C2CN(Cc3ccccc3)CCO2)c1-c1ccc2c(c1)OCO2. The normalized spacial score (nSPS) is 18.2. The van der Waals surface area contributed by atoms with Crippen molar-refractivity contribution in [1.29, 1.82) is 0 Å². The summed E-state index contributed by atoms with van der Waals surface area (Å²) in [6.07, 6.45) is -0.556. The highest BCUT2D eigenvalue weighted by Crippen LogP contribution is 2.38. The molecular weight excluding hydrogens is 396 g/mol. The van der Waals surface area contributed by atoms with Crippen LogP contribution in [0, 0.1) is 6.92 Å². The second-order valence-electron chi connectivity index (χ2n) is 7.71. The summed E-state index contributed by atoms with van der Waals surface area (Å²) >= 11 is 0. The molecule has 2 aliphatic heterocycles. The molecular formula is C23H24N4O4. The van der Waals surface area contributed by atoms with Gasteiger partial charge in [0.25, 0.3) is 5.91 Å². The van der Waals surface area contributed by atoms with E-state index >= 15 is 0 Å². The molecule has 5 rings (SSSR count). The predicted octanol–water partition coefficient (Wildman–Crippen LogP) is 2.95. The van der Waals surface area contributed by atoms with Gasteiger partial charge >= 0.3 is 0 Å². The van der Waals surface area contributed by atoms with Crippen molar-refractivity contribution in [2.75, 3.05) is 31.8 Å². The van der Waals surface area contributed by atoms with Gasteiger partial charge in [0.05, 0.1) is 6.61 Å². The fourth-order valence-corrected chi connectivity index (χ4v) is 3.97. The maximum absolute atomic E-state index is 13.0. The molecule has 1 atom stereocenters. The van der Waals surface area contributed by atoms with Gasteiger partial charge in [0.15, 0.2) is 17.3 Å². The number of carbonyl (C=O) groups is 1. The van der Waals surface area contributed by atoms with E-state index in [1.54, 1.807) is 0 Å². The Bertz CT molecular complexity index is 1080. The van der Waals surface area contributed by atoms with Gasteiger partial charge in [-0.1, -0.05) is 36.4 Å². The lowest BCUT2D eigenvalue weighted by Gasteiger charge is -2.32. The Balaban J connectivity index is 1.30. The Morgan fingerprint density at radius 2 is 2.03 bits per heavy atom. The average molecular weight is 420 g/mol. The molecule has 160 valence electrons. The lowest BCUT2D eigenvalue weighted by Crippen LogP contribution is -2.47. The molecule has 2 N–H and O–H groups in total. The topological polar surface area (TPSA) is 88.7 Å². The molecule has 0 saturated carbocycles. The number of hydrogen-bond donors (Lipinski definition) is 2. The van der Waals surface area contributed by atoms with Gasteiger partial charge in [-0.15, -0.1) is 0 Å². The van der Waals surface area contributed by atoms with Crippen LogP contribution in [0.3, 0.4) is 0 Å². The fraction of sp³-hybridized carbons (Fsp3) is 0.304. The van der Waals surface area contributed by atoms with E-state index in [0.29, 0.717) is 30.5 Å². The van der Waals surface area contributed by atoms with E-state index in [0.717, 1.165) is 29.9 Å². The molecule has 3 heterocycles. The van der Waals surface area contributed by atoms with Crippen LogP contribution in [0.2, 0.25) is 0 Å². The summed E-state index contributed by atoms with van der Waals surface area (Å²) in [7, 11) is 0. The highest BCUT2D eigenvalue weighted by molar-refractivity contribution is 5.97. The molecule has 1 aromatic heterocycles. The Labute approximate surface area is 180 Å². The first kappa shape index (κ1) is 19.6. The Morgan fingerprint density at radius 3 is 2.90 bits per heavy atom. The van der Waals surface area contributed by atoms with E-state index in [-0.39, 0.29) is 12.7 Å². The highest BCUT2D eigenvalue weighted by atomic mass is 16.7. The number of fused-ring (bicyclic) bond motifs is 1. The van der Waals surface area contributed by atoms with Crippen LogP contribution in [0.4, 0.5) is 5.82 Å². The lowest BCUT2D eigenvalue weighted by molar-refractivity contribution is -0.133. The van der Waals surface area contributed by atoms with Crippen molar-refractivity contribution in [1.82, 2.24) is 15.1 Å². The number of amides is 1. The third-order valence-corrected chi connectivity index (χ3v) is 5.54. The number of morpholine rings is 1. The molecule has 0 aliphatic carbocycles. The molecule has 2 aromatic carbocycles. The maximum Gasteiger partial charge on any atom is 0.256 e. The van der Waals surface area contributed by atoms with E-state index in [2.05, 4.69) is 32.5 Å². The smallest absolute Gasteiger partial charge is 0.256 e. The summed E-state index contributed by atoms with van der Waals surface area (Å²) < 4.78 is 16.6. The summed E-state index contributed by atoms with van der Waals surface area (Å²) in [4.78, 5) is 15.2. The minimum atomic E-state index is -0.556. The van der Waals surface area contributed by atoms with Gasteiger partial charge in [0.1, 0.15) is 6.10 Å². The number of hydrogen-bond acceptors (Lipinski definition) is 6. The van der Waals surface area contributed by atoms with Crippen molar-refractivity contribution in [3.8, 4) is 22.6 Å². The van der Waals surface area contributed by atoms with E-state index in [1.165, 1.54) is 5.56 Å². The number of rotatable bonds is 5. The van der Waals surface area contributed by atoms with Crippen molar-refractivity contribution in [3.05, 3.63) is 59.8 Å². The molecule has 1 amide bonds. The minimum absolute atomic E-state index is 0.203. The summed E-state index contributed by atoms with van der Waals surface area (Å²) in [6, 6.07) is 15.9. The van der Waals surface area contributed by atoms with Crippen LogP contribution in [0.25, 0.3) is 11.1 Å². The molecule has 8 heteroatoms. The van der Waals surface area contributed by atoms with E-state index < -0.39 is 6.10 Å². The van der Waals surface area contributed by atoms with Crippen LogP contribution < -0.4 is 14.8 Å². The summed E-state index contributed by atoms with van der Waals surface area (Å²) in [5.74, 6) is 1.67. The van der Waals surface area contributed by atoms with Gasteiger partial charge in [0.2, 0.25) is 6.79 Å². The second kappa shape index (κ2) is 8.41. The first-order chi connectivity index (χ1) is 15.2. The lowest BCUT2D eigenvalue weighted by atomic mass is 10.0. The van der Waals surface area contributed by atoms with Crippen molar-refractivity contribution in [3.63, 3.8) is 0 Å². The van der Waals surface area contributed by atoms with E-state index in [9.17, 15) is 4.79 Å². The van der Waals surface area contributed by atoms with Gasteiger partial charge in [-0.25, -0.2) is 0 Å². The number of ether oxygens (including phenoxy) is 3. The zero-order chi connectivity index (χ0) is 21.2. The first-order valence-corrected chi connectivity index (χ1v) is 10.3. The Hall–Kier alpha value is -3.36. The van der Waals surface area contributed by atoms with Gasteiger partial charge in [-0.2, -0.15) is 5.10 Å². The maximum atomic E-state index is 13.0. The molecule has 0 radical (unpaired) electrons. The predicted molar refractivity (Wildman–Crippen MR) is 115 cm³/mol. The molecule has 1 saturated heterocycles. The number of H-pyrrole nitrogens is 1. The van der Waals surface area contributed by atoms with Crippen molar-refractivity contribution in [2.45, 2.75) is 19.6 Å². The van der Waals surface area contributed by atoms with Gasteiger partial charge in [-0.05, 0) is 30.2 Å². The van der Waals surface area contributed by atoms with Crippen molar-refractivity contribution < 1.29 is 19.0 Å². The Morgan fingerprint density at radius 1 is 1.19 bits per heavy atom. The molecule has 31 heavy (non-hydrogen) atoms. The quantitative estimate of drug-likeness (QED) is 0.660. The van der Waals surface area contributed by atoms with E-state index in [1.807, 2.05) is 43.3 Å². The number of nitrogens with one attached hydrogen (secondary N) is 2. The number of aryl methyl sites for hydroxylation is 1. The zero-order valence-corrected chi connectivity index (χ0v) is 17.3. The summed E-state index contributed by atoms with van der Waals surface area (Å²) in [5.41, 5.74) is 3.78. The fourth-order valence-electron chi connectivity index (χ4n) is 3.97. The van der Waals surface area contributed by atoms with Crippen molar-refractivity contribution in [2.24, 2.45) is 0 Å². The van der Waals surface area contributed by atoms with Crippen LogP contribution in [0.5, 0.6) is 11.5 Å². The number of benzene rings is 2. The van der Waals surface area contributed by atoms with Crippen molar-refractivity contribution >= 4 is 11.7 Å². The largest absolute Gasteiger partial charge is 0.454 e. The number of nitrogens with zero attached hydrogens (tertiary/aromatic N) is 2. The van der Waals surface area contributed by atoms with Crippen LogP contribution in [0.1, 0.15) is 11.3 Å². The second-order valence-corrected chi connectivity index (χ2v) is 7.71. The molecule has 0 spiro atoms. The molecule has 3 aromatic rings. The number of aromatic amines is 1. The monoisotopic (exact) mass is 420 g/mol. The molecule has 1 fully saturated rings. The molecule has 1 unspecified atom stereocenters. The molecule has 2 aliphatic rings. The number of carbonyl (C=O) groups excluding carboxylic acids is 1. The number of anilines is 1. The van der Waals surface area contributed by atoms with Crippen LogP contribution >= 0.6 is 0 Å². The first-order valence-electron chi connectivity index (χ1n) is 10.3. The molecule has 0 bridgehead atoms. The summed E-state index contributed by atoms with van der Waals surface area (Å²) in [5, 5.41) is 10.2. The third kappa shape index (κ3) is 4.12. The average Bonchev–Trinajstić information content (AvgIpc) is 3.40. The van der Waals surface area contributed by atoms with Gasteiger partial charge in [0, 0.05) is 30.9 Å². The van der Waals surface area contributed by atoms with Crippen LogP contribution in [-0.2, 0) is 16.1 Å². The zero-order valence-electron chi connectivity index (χ0n) is 17.3. The van der Waals surface area contributed by atoms with Gasteiger partial charge < -0.3 is 19.5 Å². The number of aromatic nitrogens is 2. The van der Waals surface area contributed by atoms with Crippen LogP contribution in [0.15, 0.2) is 48.5 Å². The Kier molecular flexibility index (Phi) is 5.31. The van der Waals surface area contributed by atoms with Gasteiger partial charge in [-0.3, -0.25) is 14.8 Å². The molecule has 8 nitrogen and oxygen atoms in total. The van der Waals surface area contributed by atoms with Crippen LogP contribution in [-0.4, -0.2) is 53.6 Å². The highest BCUT2D eigenvalue weighted by Gasteiger charge is 2.28. The minimum Gasteiger partial charge on any atom is -0.454 e. The third-order valence-electron chi connectivity index (χ3n) is 5.54. The summed E-state index contributed by atoms with van der Waals surface area (Å²) in [6.45, 7) is 4.76.